The van der Waals surface area contributed by atoms with Gasteiger partial charge in [0, 0.05) is 33.1 Å². The lowest BCUT2D eigenvalue weighted by molar-refractivity contribution is -0.119. The van der Waals surface area contributed by atoms with Crippen molar-refractivity contribution < 1.29 is 4.79 Å². The van der Waals surface area contributed by atoms with Crippen molar-refractivity contribution in [3.8, 4) is 0 Å². The molecule has 1 aliphatic heterocycles. The number of primary amides is 1. The zero-order chi connectivity index (χ0) is 19.7. The summed E-state index contributed by atoms with van der Waals surface area (Å²) in [6, 6.07) is 10.7. The summed E-state index contributed by atoms with van der Waals surface area (Å²) in [5.41, 5.74) is 6.99. The Bertz CT molecular complexity index is 612. The number of piperidine rings is 1. The lowest BCUT2D eigenvalue weighted by Gasteiger charge is -2.36. The third-order valence-electron chi connectivity index (χ3n) is 5.41. The topological polar surface area (TPSA) is 70.7 Å². The average molecular weight is 373 g/mol. The number of hydrogen-bond acceptors (Lipinski definition) is 2. The molecule has 0 aliphatic carbocycles. The van der Waals surface area contributed by atoms with Crippen LogP contribution in [0.3, 0.4) is 0 Å². The molecule has 0 saturated carbocycles. The Morgan fingerprint density at radius 3 is 2.74 bits per heavy atom. The number of guanidine groups is 1. The molecule has 1 saturated heterocycles. The molecule has 5 nitrogen and oxygen atoms in total. The number of benzene rings is 1. The highest BCUT2D eigenvalue weighted by Crippen LogP contribution is 2.23. The van der Waals surface area contributed by atoms with Gasteiger partial charge in [-0.25, -0.2) is 0 Å². The van der Waals surface area contributed by atoms with E-state index < -0.39 is 0 Å². The second-order valence-electron chi connectivity index (χ2n) is 8.53. The minimum atomic E-state index is -0.204. The minimum absolute atomic E-state index is 0.202. The van der Waals surface area contributed by atoms with Crippen molar-refractivity contribution in [1.29, 1.82) is 0 Å². The molecule has 0 bridgehead atoms. The molecule has 0 radical (unpaired) electrons. The maximum atomic E-state index is 11.2. The van der Waals surface area contributed by atoms with Crippen molar-refractivity contribution in [2.45, 2.75) is 52.4 Å². The number of nitrogens with one attached hydrogen (secondary N) is 1. The third kappa shape index (κ3) is 7.61. The number of likely N-dealkylation sites (tertiary alicyclic amines) is 1. The van der Waals surface area contributed by atoms with Gasteiger partial charge in [-0.1, -0.05) is 44.2 Å². The summed E-state index contributed by atoms with van der Waals surface area (Å²) in [5, 5.41) is 3.56. The van der Waals surface area contributed by atoms with Gasteiger partial charge in [-0.2, -0.15) is 0 Å². The van der Waals surface area contributed by atoms with Crippen molar-refractivity contribution in [3.63, 3.8) is 0 Å². The molecule has 1 aliphatic rings. The van der Waals surface area contributed by atoms with Crippen LogP contribution in [0.25, 0.3) is 0 Å². The zero-order valence-electron chi connectivity index (χ0n) is 17.2. The summed E-state index contributed by atoms with van der Waals surface area (Å²) in [6.07, 6.45) is 6.09. The molecular weight excluding hydrogens is 336 g/mol. The van der Waals surface area contributed by atoms with Crippen LogP contribution in [0.2, 0.25) is 0 Å². The van der Waals surface area contributed by atoms with E-state index in [1.54, 1.807) is 0 Å². The maximum absolute atomic E-state index is 11.2. The highest BCUT2D eigenvalue weighted by Gasteiger charge is 2.25. The van der Waals surface area contributed by atoms with Gasteiger partial charge in [0.05, 0.1) is 0 Å². The van der Waals surface area contributed by atoms with Crippen LogP contribution in [0.1, 0.15) is 51.5 Å². The summed E-state index contributed by atoms with van der Waals surface area (Å²) >= 11 is 0. The van der Waals surface area contributed by atoms with E-state index in [1.165, 1.54) is 12.0 Å². The fourth-order valence-electron chi connectivity index (χ4n) is 3.86. The molecule has 1 amide bonds. The van der Waals surface area contributed by atoms with Crippen LogP contribution in [0, 0.1) is 11.3 Å². The molecule has 1 atom stereocenters. The van der Waals surface area contributed by atoms with Crippen molar-refractivity contribution in [3.05, 3.63) is 35.9 Å². The SMILES string of the molecule is CN=C(NCC(C)(C)CCCc1ccccc1)N1CCCC(CC(N)=O)C1. The number of nitrogens with zero attached hydrogens (tertiary/aromatic N) is 2. The molecule has 5 heteroatoms. The number of carbonyl (C=O) groups excluding carboxylic acids is 1. The van der Waals surface area contributed by atoms with Crippen molar-refractivity contribution >= 4 is 11.9 Å². The Labute approximate surface area is 164 Å². The van der Waals surface area contributed by atoms with Gasteiger partial charge in [0.1, 0.15) is 0 Å². The van der Waals surface area contributed by atoms with Gasteiger partial charge in [-0.05, 0) is 49.0 Å². The van der Waals surface area contributed by atoms with E-state index in [9.17, 15) is 4.79 Å². The standard InChI is InChI=1S/C22H36N4O/c1-22(2,13-7-11-18-9-5-4-6-10-18)17-25-21(24-3)26-14-8-12-19(16-26)15-20(23)27/h4-6,9-10,19H,7-8,11-17H2,1-3H3,(H2,23,27)(H,24,25). The number of nitrogens with two attached hydrogens (primary N) is 1. The van der Waals surface area contributed by atoms with E-state index in [0.29, 0.717) is 12.3 Å². The highest BCUT2D eigenvalue weighted by molar-refractivity contribution is 5.80. The van der Waals surface area contributed by atoms with Gasteiger partial charge in [0.2, 0.25) is 5.91 Å². The van der Waals surface area contributed by atoms with E-state index in [2.05, 4.69) is 59.4 Å². The second kappa shape index (κ2) is 10.3. The summed E-state index contributed by atoms with van der Waals surface area (Å²) < 4.78 is 0. The van der Waals surface area contributed by atoms with Crippen LogP contribution < -0.4 is 11.1 Å². The molecule has 1 fully saturated rings. The third-order valence-corrected chi connectivity index (χ3v) is 5.41. The highest BCUT2D eigenvalue weighted by atomic mass is 16.1. The molecule has 1 heterocycles. The predicted molar refractivity (Wildman–Crippen MR) is 113 cm³/mol. The molecule has 27 heavy (non-hydrogen) atoms. The van der Waals surface area contributed by atoms with E-state index in [-0.39, 0.29) is 11.3 Å². The monoisotopic (exact) mass is 372 g/mol. The normalized spacial score (nSPS) is 18.4. The van der Waals surface area contributed by atoms with Gasteiger partial charge in [0.25, 0.3) is 0 Å². The summed E-state index contributed by atoms with van der Waals surface area (Å²) in [5.74, 6) is 1.08. The van der Waals surface area contributed by atoms with Crippen LogP contribution in [-0.4, -0.2) is 43.4 Å². The van der Waals surface area contributed by atoms with Crippen LogP contribution in [-0.2, 0) is 11.2 Å². The van der Waals surface area contributed by atoms with Gasteiger partial charge in [-0.3, -0.25) is 9.79 Å². The number of hydrogen-bond donors (Lipinski definition) is 2. The van der Waals surface area contributed by atoms with E-state index in [1.807, 2.05) is 7.05 Å². The van der Waals surface area contributed by atoms with Gasteiger partial charge in [0.15, 0.2) is 5.96 Å². The van der Waals surface area contributed by atoms with Crippen LogP contribution in [0.15, 0.2) is 35.3 Å². The largest absolute Gasteiger partial charge is 0.370 e. The minimum Gasteiger partial charge on any atom is -0.370 e. The number of rotatable bonds is 8. The lowest BCUT2D eigenvalue weighted by Crippen LogP contribution is -2.49. The quantitative estimate of drug-likeness (QED) is 0.544. The fourth-order valence-corrected chi connectivity index (χ4v) is 3.86. The molecule has 0 aromatic heterocycles. The van der Waals surface area contributed by atoms with E-state index in [0.717, 1.165) is 51.3 Å². The Morgan fingerprint density at radius 1 is 1.33 bits per heavy atom. The van der Waals surface area contributed by atoms with Gasteiger partial charge < -0.3 is 16.0 Å². The average Bonchev–Trinajstić information content (AvgIpc) is 2.63. The van der Waals surface area contributed by atoms with Crippen molar-refractivity contribution in [1.82, 2.24) is 10.2 Å². The summed E-state index contributed by atoms with van der Waals surface area (Å²) in [7, 11) is 1.84. The number of amides is 1. The summed E-state index contributed by atoms with van der Waals surface area (Å²) in [4.78, 5) is 18.0. The van der Waals surface area contributed by atoms with E-state index in [4.69, 9.17) is 5.73 Å². The van der Waals surface area contributed by atoms with Gasteiger partial charge >= 0.3 is 0 Å². The van der Waals surface area contributed by atoms with Crippen LogP contribution in [0.4, 0.5) is 0 Å². The lowest BCUT2D eigenvalue weighted by atomic mass is 9.86. The smallest absolute Gasteiger partial charge is 0.217 e. The predicted octanol–water partition coefficient (Wildman–Crippen LogP) is 3.20. The van der Waals surface area contributed by atoms with E-state index >= 15 is 0 Å². The molecular formula is C22H36N4O. The first-order chi connectivity index (χ1) is 12.9. The van der Waals surface area contributed by atoms with Gasteiger partial charge in [-0.15, -0.1) is 0 Å². The number of carbonyl (C=O) groups is 1. The first-order valence-electron chi connectivity index (χ1n) is 10.2. The molecule has 1 aromatic rings. The zero-order valence-corrected chi connectivity index (χ0v) is 17.2. The molecule has 150 valence electrons. The maximum Gasteiger partial charge on any atom is 0.217 e. The Morgan fingerprint density at radius 2 is 2.07 bits per heavy atom. The van der Waals surface area contributed by atoms with Crippen molar-refractivity contribution in [2.24, 2.45) is 22.1 Å². The first kappa shape index (κ1) is 21.3. The van der Waals surface area contributed by atoms with Crippen molar-refractivity contribution in [2.75, 3.05) is 26.7 Å². The fraction of sp³-hybridized carbons (Fsp3) is 0.636. The first-order valence-corrected chi connectivity index (χ1v) is 10.2. The molecule has 1 unspecified atom stereocenters. The number of aryl methyl sites for hydroxylation is 1. The summed E-state index contributed by atoms with van der Waals surface area (Å²) in [6.45, 7) is 7.36. The molecule has 2 rings (SSSR count). The second-order valence-corrected chi connectivity index (χ2v) is 8.53. The molecule has 3 N–H and O–H groups in total. The molecule has 0 spiro atoms. The Balaban J connectivity index is 1.78. The van der Waals surface area contributed by atoms with Crippen LogP contribution in [0.5, 0.6) is 0 Å². The Hall–Kier alpha value is -2.04. The van der Waals surface area contributed by atoms with Crippen LogP contribution >= 0.6 is 0 Å². The molecule has 1 aromatic carbocycles. The number of aliphatic imine (C=N–C) groups is 1. The Kier molecular flexibility index (Phi) is 8.14.